The Morgan fingerprint density at radius 1 is 1.43 bits per heavy atom. The maximum absolute atomic E-state index is 12.2. The van der Waals surface area contributed by atoms with Crippen molar-refractivity contribution in [3.63, 3.8) is 0 Å². The maximum atomic E-state index is 12.2. The second-order valence-corrected chi connectivity index (χ2v) is 6.35. The first kappa shape index (κ1) is 15.9. The summed E-state index contributed by atoms with van der Waals surface area (Å²) in [6, 6.07) is 7.83. The van der Waals surface area contributed by atoms with Crippen LogP contribution in [0.5, 0.6) is 0 Å². The van der Waals surface area contributed by atoms with Crippen molar-refractivity contribution >= 4 is 28.8 Å². The number of nitrogens with one attached hydrogen (secondary N) is 1. The third-order valence-electron chi connectivity index (χ3n) is 3.98. The van der Waals surface area contributed by atoms with Gasteiger partial charge >= 0.3 is 0 Å². The van der Waals surface area contributed by atoms with E-state index < -0.39 is 0 Å². The van der Waals surface area contributed by atoms with Crippen molar-refractivity contribution in [1.82, 2.24) is 4.90 Å². The molecule has 3 N–H and O–H groups in total. The number of nitrogens with zero attached hydrogens (tertiary/aromatic N) is 1. The molecule has 0 saturated carbocycles. The number of hydrogen-bond acceptors (Lipinski definition) is 3. The summed E-state index contributed by atoms with van der Waals surface area (Å²) in [4.78, 5) is 14.8. The van der Waals surface area contributed by atoms with Crippen LogP contribution in [0.25, 0.3) is 0 Å². The van der Waals surface area contributed by atoms with E-state index in [0.29, 0.717) is 23.5 Å². The van der Waals surface area contributed by atoms with Gasteiger partial charge < -0.3 is 11.1 Å². The quantitative estimate of drug-likeness (QED) is 0.820. The Kier molecular flexibility index (Phi) is 5.31. The topological polar surface area (TPSA) is 58.4 Å². The van der Waals surface area contributed by atoms with Gasteiger partial charge in [-0.15, -0.1) is 0 Å². The van der Waals surface area contributed by atoms with E-state index in [9.17, 15) is 4.79 Å². The lowest BCUT2D eigenvalue weighted by Crippen LogP contribution is -2.39. The third kappa shape index (κ3) is 4.25. The van der Waals surface area contributed by atoms with Crippen molar-refractivity contribution in [1.29, 1.82) is 0 Å². The van der Waals surface area contributed by atoms with E-state index in [4.69, 9.17) is 18.0 Å². The molecule has 0 spiro atoms. The minimum atomic E-state index is 0.0330. The molecular weight excluding hydrogens is 282 g/mol. The smallest absolute Gasteiger partial charge is 0.238 e. The van der Waals surface area contributed by atoms with Gasteiger partial charge in [0.2, 0.25) is 5.91 Å². The molecule has 1 unspecified atom stereocenters. The Balaban J connectivity index is 1.91. The molecular formula is C16H23N3OS. The summed E-state index contributed by atoms with van der Waals surface area (Å²) in [6.45, 7) is 5.90. The van der Waals surface area contributed by atoms with Crippen molar-refractivity contribution in [2.45, 2.75) is 32.7 Å². The zero-order valence-electron chi connectivity index (χ0n) is 12.6. The van der Waals surface area contributed by atoms with E-state index in [2.05, 4.69) is 24.1 Å². The van der Waals surface area contributed by atoms with Crippen LogP contribution in [0.3, 0.4) is 0 Å². The standard InChI is InChI=1S/C16H23N3OS/c1-11(2)14-4-3-9-19(14)10-15(20)18-13-7-5-12(6-8-13)16(17)21/h5-8,11,14H,3-4,9-10H2,1-2H3,(H2,17,21)(H,18,20). The van der Waals surface area contributed by atoms with E-state index in [1.165, 1.54) is 12.8 Å². The fraction of sp³-hybridized carbons (Fsp3) is 0.500. The van der Waals surface area contributed by atoms with Gasteiger partial charge in [-0.2, -0.15) is 0 Å². The first-order chi connectivity index (χ1) is 9.97. The highest BCUT2D eigenvalue weighted by molar-refractivity contribution is 7.80. The molecule has 1 aromatic rings. The molecule has 21 heavy (non-hydrogen) atoms. The SMILES string of the molecule is CC(C)C1CCCN1CC(=O)Nc1ccc(C(N)=S)cc1. The van der Waals surface area contributed by atoms with Gasteiger partial charge in [0.05, 0.1) is 6.54 Å². The lowest BCUT2D eigenvalue weighted by atomic mass is 10.0. The number of carbonyl (C=O) groups excluding carboxylic acids is 1. The number of nitrogens with two attached hydrogens (primary N) is 1. The normalized spacial score (nSPS) is 18.9. The van der Waals surface area contributed by atoms with E-state index in [-0.39, 0.29) is 5.91 Å². The molecule has 4 nitrogen and oxygen atoms in total. The summed E-state index contributed by atoms with van der Waals surface area (Å²) >= 11 is 4.91. The van der Waals surface area contributed by atoms with Gasteiger partial charge in [-0.25, -0.2) is 0 Å². The van der Waals surface area contributed by atoms with Gasteiger partial charge in [-0.3, -0.25) is 9.69 Å². The van der Waals surface area contributed by atoms with Gasteiger partial charge in [0.25, 0.3) is 0 Å². The van der Waals surface area contributed by atoms with E-state index in [0.717, 1.165) is 17.8 Å². The molecule has 1 atom stereocenters. The van der Waals surface area contributed by atoms with Gasteiger partial charge in [0.15, 0.2) is 0 Å². The van der Waals surface area contributed by atoms with Crippen LogP contribution in [-0.2, 0) is 4.79 Å². The lowest BCUT2D eigenvalue weighted by Gasteiger charge is -2.26. The van der Waals surface area contributed by atoms with Crippen LogP contribution >= 0.6 is 12.2 Å². The van der Waals surface area contributed by atoms with E-state index in [1.807, 2.05) is 24.3 Å². The third-order valence-corrected chi connectivity index (χ3v) is 4.22. The molecule has 1 saturated heterocycles. The predicted octanol–water partition coefficient (Wildman–Crippen LogP) is 2.38. The minimum absolute atomic E-state index is 0.0330. The zero-order chi connectivity index (χ0) is 15.4. The average Bonchev–Trinajstić information content (AvgIpc) is 2.87. The summed E-state index contributed by atoms with van der Waals surface area (Å²) in [7, 11) is 0. The van der Waals surface area contributed by atoms with Crippen LogP contribution in [0.4, 0.5) is 5.69 Å². The number of hydrogen-bond donors (Lipinski definition) is 2. The first-order valence-corrected chi connectivity index (χ1v) is 7.82. The number of thiocarbonyl (C=S) groups is 1. The second-order valence-electron chi connectivity index (χ2n) is 5.91. The Morgan fingerprint density at radius 3 is 2.67 bits per heavy atom. The number of likely N-dealkylation sites (tertiary alicyclic amines) is 1. The second kappa shape index (κ2) is 7.00. The Labute approximate surface area is 131 Å². The highest BCUT2D eigenvalue weighted by Gasteiger charge is 2.28. The summed E-state index contributed by atoms with van der Waals surface area (Å²) in [5.74, 6) is 0.621. The molecule has 1 heterocycles. The van der Waals surface area contributed by atoms with Crippen LogP contribution in [0, 0.1) is 5.92 Å². The monoisotopic (exact) mass is 305 g/mol. The molecule has 0 radical (unpaired) electrons. The van der Waals surface area contributed by atoms with Crippen molar-refractivity contribution in [2.75, 3.05) is 18.4 Å². The maximum Gasteiger partial charge on any atom is 0.238 e. The fourth-order valence-corrected chi connectivity index (χ4v) is 3.04. The first-order valence-electron chi connectivity index (χ1n) is 7.41. The number of benzene rings is 1. The highest BCUT2D eigenvalue weighted by atomic mass is 32.1. The molecule has 1 fully saturated rings. The molecule has 2 rings (SSSR count). The highest BCUT2D eigenvalue weighted by Crippen LogP contribution is 2.23. The largest absolute Gasteiger partial charge is 0.389 e. The van der Waals surface area contributed by atoms with Crippen molar-refractivity contribution in [2.24, 2.45) is 11.7 Å². The summed E-state index contributed by atoms with van der Waals surface area (Å²) in [5, 5.41) is 2.93. The summed E-state index contributed by atoms with van der Waals surface area (Å²) < 4.78 is 0. The average molecular weight is 305 g/mol. The summed E-state index contributed by atoms with van der Waals surface area (Å²) in [5.41, 5.74) is 7.14. The lowest BCUT2D eigenvalue weighted by molar-refractivity contribution is -0.117. The molecule has 1 aliphatic heterocycles. The van der Waals surface area contributed by atoms with Gasteiger partial charge in [-0.05, 0) is 49.6 Å². The van der Waals surface area contributed by atoms with Crippen LogP contribution in [0.15, 0.2) is 24.3 Å². The Hall–Kier alpha value is -1.46. The molecule has 1 aromatic carbocycles. The zero-order valence-corrected chi connectivity index (χ0v) is 13.5. The number of rotatable bonds is 5. The molecule has 0 bridgehead atoms. The Bertz CT molecular complexity index is 513. The van der Waals surface area contributed by atoms with Gasteiger partial charge in [-0.1, -0.05) is 26.1 Å². The molecule has 0 aliphatic carbocycles. The molecule has 114 valence electrons. The van der Waals surface area contributed by atoms with Crippen LogP contribution in [0.1, 0.15) is 32.3 Å². The van der Waals surface area contributed by atoms with Crippen molar-refractivity contribution in [3.8, 4) is 0 Å². The molecule has 1 aliphatic rings. The molecule has 5 heteroatoms. The number of amides is 1. The van der Waals surface area contributed by atoms with Gasteiger partial charge in [0, 0.05) is 17.3 Å². The number of anilines is 1. The van der Waals surface area contributed by atoms with Crippen LogP contribution < -0.4 is 11.1 Å². The van der Waals surface area contributed by atoms with Crippen molar-refractivity contribution < 1.29 is 4.79 Å². The minimum Gasteiger partial charge on any atom is -0.389 e. The predicted molar refractivity (Wildman–Crippen MR) is 90.4 cm³/mol. The van der Waals surface area contributed by atoms with E-state index in [1.54, 1.807) is 0 Å². The fourth-order valence-electron chi connectivity index (χ4n) is 2.91. The van der Waals surface area contributed by atoms with Gasteiger partial charge in [0.1, 0.15) is 4.99 Å². The molecule has 1 amide bonds. The van der Waals surface area contributed by atoms with E-state index >= 15 is 0 Å². The number of carbonyl (C=O) groups is 1. The Morgan fingerprint density at radius 2 is 2.10 bits per heavy atom. The summed E-state index contributed by atoms with van der Waals surface area (Å²) in [6.07, 6.45) is 2.37. The van der Waals surface area contributed by atoms with Crippen LogP contribution in [0.2, 0.25) is 0 Å². The molecule has 0 aromatic heterocycles. The van der Waals surface area contributed by atoms with Crippen LogP contribution in [-0.4, -0.2) is 34.9 Å². The van der Waals surface area contributed by atoms with Crippen molar-refractivity contribution in [3.05, 3.63) is 29.8 Å².